The lowest BCUT2D eigenvalue weighted by Crippen LogP contribution is -2.13. The van der Waals surface area contributed by atoms with Crippen LogP contribution in [0.5, 0.6) is 0 Å². The quantitative estimate of drug-likeness (QED) is 0.718. The number of amides is 1. The van der Waals surface area contributed by atoms with Gasteiger partial charge in [-0.05, 0) is 61.4 Å². The Hall–Kier alpha value is -3.21. The molecule has 1 heterocycles. The summed E-state index contributed by atoms with van der Waals surface area (Å²) >= 11 is 0. The van der Waals surface area contributed by atoms with Crippen LogP contribution >= 0.6 is 0 Å². The lowest BCUT2D eigenvalue weighted by Gasteiger charge is -2.11. The average Bonchev–Trinajstić information content (AvgIpc) is 2.60. The van der Waals surface area contributed by atoms with E-state index in [2.05, 4.69) is 33.8 Å². The van der Waals surface area contributed by atoms with E-state index in [9.17, 15) is 9.18 Å². The van der Waals surface area contributed by atoms with Gasteiger partial charge in [0.05, 0.1) is 11.9 Å². The van der Waals surface area contributed by atoms with Crippen molar-refractivity contribution >= 4 is 23.1 Å². The molecule has 0 aliphatic rings. The number of aryl methyl sites for hydroxylation is 2. The number of benzene rings is 2. The summed E-state index contributed by atoms with van der Waals surface area (Å²) in [4.78, 5) is 16.3. The van der Waals surface area contributed by atoms with Gasteiger partial charge in [-0.1, -0.05) is 18.2 Å². The summed E-state index contributed by atoms with van der Waals surface area (Å²) in [6, 6.07) is 15.2. The van der Waals surface area contributed by atoms with Crippen LogP contribution in [0.2, 0.25) is 0 Å². The number of anilines is 3. The van der Waals surface area contributed by atoms with Gasteiger partial charge in [-0.15, -0.1) is 0 Å². The molecule has 0 saturated heterocycles. The van der Waals surface area contributed by atoms with Crippen LogP contribution in [-0.2, 0) is 0 Å². The largest absolute Gasteiger partial charge is 0.354 e. The molecule has 1 aromatic heterocycles. The fourth-order valence-electron chi connectivity index (χ4n) is 2.39. The molecule has 25 heavy (non-hydrogen) atoms. The molecule has 0 fully saturated rings. The Morgan fingerprint density at radius 3 is 2.60 bits per heavy atom. The van der Waals surface area contributed by atoms with Crippen LogP contribution in [0.25, 0.3) is 0 Å². The molecule has 5 heteroatoms. The van der Waals surface area contributed by atoms with Gasteiger partial charge < -0.3 is 10.6 Å². The number of carbonyl (C=O) groups excluding carboxylic acids is 1. The molecule has 0 aliphatic heterocycles. The fraction of sp³-hybridized carbons (Fsp3) is 0.100. The Morgan fingerprint density at radius 2 is 1.88 bits per heavy atom. The molecule has 3 aromatic rings. The lowest BCUT2D eigenvalue weighted by atomic mass is 10.1. The third kappa shape index (κ3) is 4.20. The molecule has 3 rings (SSSR count). The number of nitrogens with zero attached hydrogens (tertiary/aromatic N) is 1. The van der Waals surface area contributed by atoms with Crippen LogP contribution in [0, 0.1) is 19.7 Å². The van der Waals surface area contributed by atoms with Gasteiger partial charge in [0.2, 0.25) is 0 Å². The minimum absolute atomic E-state index is 0.249. The van der Waals surface area contributed by atoms with Gasteiger partial charge in [0.15, 0.2) is 0 Å². The standard InChI is InChI=1S/C20H18FN3O/c1-13-6-7-14(2)18(10-13)23-17-8-9-19(22-12-17)24-20(25)15-4-3-5-16(21)11-15/h3-12,23H,1-2H3,(H,22,24,25). The molecule has 1 amide bonds. The Morgan fingerprint density at radius 1 is 1.04 bits per heavy atom. The van der Waals surface area contributed by atoms with Crippen LogP contribution in [-0.4, -0.2) is 10.9 Å². The van der Waals surface area contributed by atoms with E-state index in [-0.39, 0.29) is 5.56 Å². The van der Waals surface area contributed by atoms with Gasteiger partial charge in [-0.3, -0.25) is 4.79 Å². The maximum atomic E-state index is 13.2. The van der Waals surface area contributed by atoms with Crippen molar-refractivity contribution in [1.82, 2.24) is 4.98 Å². The average molecular weight is 335 g/mol. The number of nitrogens with one attached hydrogen (secondary N) is 2. The van der Waals surface area contributed by atoms with E-state index < -0.39 is 11.7 Å². The molecule has 126 valence electrons. The van der Waals surface area contributed by atoms with E-state index in [1.807, 2.05) is 19.9 Å². The Labute approximate surface area is 145 Å². The minimum Gasteiger partial charge on any atom is -0.354 e. The highest BCUT2D eigenvalue weighted by Gasteiger charge is 2.08. The van der Waals surface area contributed by atoms with Crippen LogP contribution in [0.15, 0.2) is 60.8 Å². The summed E-state index contributed by atoms with van der Waals surface area (Å²) in [6.45, 7) is 4.07. The van der Waals surface area contributed by atoms with Gasteiger partial charge in [0.1, 0.15) is 11.6 Å². The zero-order valence-corrected chi connectivity index (χ0v) is 14.0. The molecule has 0 saturated carbocycles. The summed E-state index contributed by atoms with van der Waals surface area (Å²) in [7, 11) is 0. The molecule has 0 bridgehead atoms. The maximum absolute atomic E-state index is 13.2. The van der Waals surface area contributed by atoms with Crippen molar-refractivity contribution in [1.29, 1.82) is 0 Å². The van der Waals surface area contributed by atoms with E-state index >= 15 is 0 Å². The van der Waals surface area contributed by atoms with Gasteiger partial charge in [-0.2, -0.15) is 0 Å². The number of rotatable bonds is 4. The minimum atomic E-state index is -0.450. The van der Waals surface area contributed by atoms with E-state index in [0.717, 1.165) is 16.9 Å². The molecule has 0 spiro atoms. The zero-order chi connectivity index (χ0) is 17.8. The number of halogens is 1. The van der Waals surface area contributed by atoms with E-state index in [4.69, 9.17) is 0 Å². The highest BCUT2D eigenvalue weighted by molar-refractivity contribution is 6.03. The second kappa shape index (κ2) is 7.13. The molecular formula is C20H18FN3O. The van der Waals surface area contributed by atoms with Crippen molar-refractivity contribution in [2.45, 2.75) is 13.8 Å². The highest BCUT2D eigenvalue weighted by atomic mass is 19.1. The Balaban J connectivity index is 1.70. The summed E-state index contributed by atoms with van der Waals surface area (Å²) in [6.07, 6.45) is 1.64. The van der Waals surface area contributed by atoms with Crippen molar-refractivity contribution in [2.75, 3.05) is 10.6 Å². The number of hydrogen-bond acceptors (Lipinski definition) is 3. The predicted molar refractivity (Wildman–Crippen MR) is 97.8 cm³/mol. The molecule has 2 aromatic carbocycles. The highest BCUT2D eigenvalue weighted by Crippen LogP contribution is 2.22. The van der Waals surface area contributed by atoms with Crippen molar-refractivity contribution in [3.8, 4) is 0 Å². The number of hydrogen-bond donors (Lipinski definition) is 2. The first-order valence-corrected chi connectivity index (χ1v) is 7.88. The Bertz CT molecular complexity index is 907. The van der Waals surface area contributed by atoms with E-state index in [1.165, 1.54) is 23.8 Å². The normalized spacial score (nSPS) is 10.4. The van der Waals surface area contributed by atoms with Gasteiger partial charge in [0.25, 0.3) is 5.91 Å². The van der Waals surface area contributed by atoms with Crippen LogP contribution < -0.4 is 10.6 Å². The molecule has 4 nitrogen and oxygen atoms in total. The molecule has 0 atom stereocenters. The summed E-state index contributed by atoms with van der Waals surface area (Å²) in [5.41, 5.74) is 4.38. The fourth-order valence-corrected chi connectivity index (χ4v) is 2.39. The lowest BCUT2D eigenvalue weighted by molar-refractivity contribution is 0.102. The van der Waals surface area contributed by atoms with Crippen molar-refractivity contribution in [3.05, 3.63) is 83.3 Å². The summed E-state index contributed by atoms with van der Waals surface area (Å²) < 4.78 is 13.2. The maximum Gasteiger partial charge on any atom is 0.256 e. The molecule has 0 unspecified atom stereocenters. The molecule has 0 aliphatic carbocycles. The van der Waals surface area contributed by atoms with Gasteiger partial charge in [-0.25, -0.2) is 9.37 Å². The predicted octanol–water partition coefficient (Wildman–Crippen LogP) is 4.83. The van der Waals surface area contributed by atoms with Crippen LogP contribution in [0.1, 0.15) is 21.5 Å². The topological polar surface area (TPSA) is 54.0 Å². The second-order valence-electron chi connectivity index (χ2n) is 5.84. The third-order valence-electron chi connectivity index (χ3n) is 3.76. The van der Waals surface area contributed by atoms with Crippen molar-refractivity contribution < 1.29 is 9.18 Å². The molecule has 0 radical (unpaired) electrons. The van der Waals surface area contributed by atoms with E-state index in [1.54, 1.807) is 18.3 Å². The molecular weight excluding hydrogens is 317 g/mol. The number of pyridine rings is 1. The number of carbonyl (C=O) groups is 1. The van der Waals surface area contributed by atoms with Crippen molar-refractivity contribution in [3.63, 3.8) is 0 Å². The van der Waals surface area contributed by atoms with Gasteiger partial charge >= 0.3 is 0 Å². The zero-order valence-electron chi connectivity index (χ0n) is 14.0. The summed E-state index contributed by atoms with van der Waals surface area (Å²) in [5.74, 6) is -0.448. The second-order valence-corrected chi connectivity index (χ2v) is 5.84. The first kappa shape index (κ1) is 16.6. The number of aromatic nitrogens is 1. The first-order valence-electron chi connectivity index (χ1n) is 7.88. The first-order chi connectivity index (χ1) is 12.0. The van der Waals surface area contributed by atoms with Crippen LogP contribution in [0.4, 0.5) is 21.6 Å². The van der Waals surface area contributed by atoms with Crippen LogP contribution in [0.3, 0.4) is 0 Å². The monoisotopic (exact) mass is 335 g/mol. The van der Waals surface area contributed by atoms with E-state index in [0.29, 0.717) is 5.82 Å². The third-order valence-corrected chi connectivity index (χ3v) is 3.76. The van der Waals surface area contributed by atoms with Crippen molar-refractivity contribution in [2.24, 2.45) is 0 Å². The SMILES string of the molecule is Cc1ccc(C)c(Nc2ccc(NC(=O)c3cccc(F)c3)nc2)c1. The molecule has 2 N–H and O–H groups in total. The smallest absolute Gasteiger partial charge is 0.256 e. The van der Waals surface area contributed by atoms with Gasteiger partial charge in [0, 0.05) is 11.3 Å². The summed E-state index contributed by atoms with van der Waals surface area (Å²) in [5, 5.41) is 5.96. The Kier molecular flexibility index (Phi) is 4.75.